The number of ether oxygens (including phenoxy) is 1. The fraction of sp³-hybridized carbons (Fsp3) is 0.0909. The molecule has 0 saturated carbocycles. The minimum atomic E-state index is -0.429. The standard InChI is InChI=1S/C22H19N3O2/c1-16(22(26)25-19-9-7-17(15-23)8-10-19)24-18-11-13-21(14-12-18)27-20-5-3-2-4-6-20/h2-14,16,24H,1H3,(H,25,26)/t16-/m1/s1. The molecule has 0 fully saturated rings. The molecule has 5 heteroatoms. The molecule has 0 aliphatic rings. The molecule has 3 aromatic rings. The number of rotatable bonds is 6. The van der Waals surface area contributed by atoms with Gasteiger partial charge in [-0.1, -0.05) is 18.2 Å². The number of carbonyl (C=O) groups is 1. The molecule has 2 N–H and O–H groups in total. The van der Waals surface area contributed by atoms with Gasteiger partial charge in [-0.2, -0.15) is 5.26 Å². The van der Waals surface area contributed by atoms with E-state index in [-0.39, 0.29) is 5.91 Å². The van der Waals surface area contributed by atoms with Crippen molar-refractivity contribution in [3.63, 3.8) is 0 Å². The van der Waals surface area contributed by atoms with Crippen LogP contribution in [0, 0.1) is 11.3 Å². The van der Waals surface area contributed by atoms with Gasteiger partial charge in [0.1, 0.15) is 17.5 Å². The summed E-state index contributed by atoms with van der Waals surface area (Å²) in [4.78, 5) is 12.3. The second-order valence-corrected chi connectivity index (χ2v) is 5.98. The number of hydrogen-bond acceptors (Lipinski definition) is 4. The predicted molar refractivity (Wildman–Crippen MR) is 106 cm³/mol. The summed E-state index contributed by atoms with van der Waals surface area (Å²) >= 11 is 0. The molecule has 0 spiro atoms. The maximum Gasteiger partial charge on any atom is 0.246 e. The number of amides is 1. The second-order valence-electron chi connectivity index (χ2n) is 5.98. The molecule has 0 unspecified atom stereocenters. The highest BCUT2D eigenvalue weighted by Gasteiger charge is 2.13. The monoisotopic (exact) mass is 357 g/mol. The van der Waals surface area contributed by atoms with E-state index in [9.17, 15) is 4.79 Å². The third-order valence-electron chi connectivity index (χ3n) is 3.89. The first-order valence-electron chi connectivity index (χ1n) is 8.54. The van der Waals surface area contributed by atoms with E-state index in [0.29, 0.717) is 11.3 Å². The summed E-state index contributed by atoms with van der Waals surface area (Å²) < 4.78 is 5.75. The molecular formula is C22H19N3O2. The Labute approximate surface area is 158 Å². The van der Waals surface area contributed by atoms with Gasteiger partial charge in [0, 0.05) is 11.4 Å². The Balaban J connectivity index is 1.55. The van der Waals surface area contributed by atoms with Crippen molar-refractivity contribution in [2.24, 2.45) is 0 Å². The zero-order chi connectivity index (χ0) is 19.1. The summed E-state index contributed by atoms with van der Waals surface area (Å²) in [6.45, 7) is 1.79. The van der Waals surface area contributed by atoms with Crippen LogP contribution in [0.15, 0.2) is 78.9 Å². The van der Waals surface area contributed by atoms with Crippen LogP contribution in [0.25, 0.3) is 0 Å². The number of carbonyl (C=O) groups excluding carboxylic acids is 1. The van der Waals surface area contributed by atoms with E-state index in [1.807, 2.05) is 60.7 Å². The van der Waals surface area contributed by atoms with E-state index in [2.05, 4.69) is 10.6 Å². The molecule has 3 aromatic carbocycles. The Hall–Kier alpha value is -3.78. The fourth-order valence-electron chi connectivity index (χ4n) is 2.44. The summed E-state index contributed by atoms with van der Waals surface area (Å²) in [5.41, 5.74) is 2.02. The first-order valence-corrected chi connectivity index (χ1v) is 8.54. The predicted octanol–water partition coefficient (Wildman–Crippen LogP) is 4.79. The van der Waals surface area contributed by atoms with Gasteiger partial charge in [0.05, 0.1) is 11.6 Å². The van der Waals surface area contributed by atoms with Gasteiger partial charge in [0.15, 0.2) is 0 Å². The summed E-state index contributed by atoms with van der Waals surface area (Å²) in [6.07, 6.45) is 0. The fourth-order valence-corrected chi connectivity index (χ4v) is 2.44. The van der Waals surface area contributed by atoms with Crippen molar-refractivity contribution in [3.05, 3.63) is 84.4 Å². The maximum absolute atomic E-state index is 12.3. The van der Waals surface area contributed by atoms with Gasteiger partial charge < -0.3 is 15.4 Å². The Morgan fingerprint density at radius 2 is 1.48 bits per heavy atom. The lowest BCUT2D eigenvalue weighted by atomic mass is 10.2. The zero-order valence-electron chi connectivity index (χ0n) is 14.8. The van der Waals surface area contributed by atoms with Gasteiger partial charge >= 0.3 is 0 Å². The molecular weight excluding hydrogens is 338 g/mol. The lowest BCUT2D eigenvalue weighted by Gasteiger charge is -2.16. The minimum absolute atomic E-state index is 0.163. The number of anilines is 2. The molecule has 0 radical (unpaired) electrons. The number of nitrogens with one attached hydrogen (secondary N) is 2. The van der Waals surface area contributed by atoms with Gasteiger partial charge in [0.25, 0.3) is 0 Å². The zero-order valence-corrected chi connectivity index (χ0v) is 14.8. The largest absolute Gasteiger partial charge is 0.457 e. The SMILES string of the molecule is C[C@@H](Nc1ccc(Oc2ccccc2)cc1)C(=O)Nc1ccc(C#N)cc1. The van der Waals surface area contributed by atoms with E-state index in [1.165, 1.54) is 0 Å². The first kappa shape index (κ1) is 18.0. The van der Waals surface area contributed by atoms with Crippen LogP contribution < -0.4 is 15.4 Å². The summed E-state index contributed by atoms with van der Waals surface area (Å²) in [6, 6.07) is 25.3. The summed E-state index contributed by atoms with van der Waals surface area (Å²) in [5, 5.41) is 14.8. The summed E-state index contributed by atoms with van der Waals surface area (Å²) in [7, 11) is 0. The van der Waals surface area contributed by atoms with Crippen molar-refractivity contribution in [3.8, 4) is 17.6 Å². The normalized spacial score (nSPS) is 11.1. The molecule has 134 valence electrons. The highest BCUT2D eigenvalue weighted by Crippen LogP contribution is 2.23. The van der Waals surface area contributed by atoms with E-state index < -0.39 is 6.04 Å². The van der Waals surface area contributed by atoms with E-state index in [4.69, 9.17) is 10.00 Å². The lowest BCUT2D eigenvalue weighted by molar-refractivity contribution is -0.116. The molecule has 1 amide bonds. The first-order chi connectivity index (χ1) is 13.1. The molecule has 1 atom stereocenters. The van der Waals surface area contributed by atoms with Crippen molar-refractivity contribution >= 4 is 17.3 Å². The Bertz CT molecular complexity index is 930. The van der Waals surface area contributed by atoms with Gasteiger partial charge in [-0.05, 0) is 67.6 Å². The minimum Gasteiger partial charge on any atom is -0.457 e. The van der Waals surface area contributed by atoms with Crippen LogP contribution in [-0.4, -0.2) is 11.9 Å². The Morgan fingerprint density at radius 3 is 2.11 bits per heavy atom. The average molecular weight is 357 g/mol. The third-order valence-corrected chi connectivity index (χ3v) is 3.89. The summed E-state index contributed by atoms with van der Waals surface area (Å²) in [5.74, 6) is 1.33. The molecule has 0 heterocycles. The number of hydrogen-bond donors (Lipinski definition) is 2. The van der Waals surface area contributed by atoms with Crippen molar-refractivity contribution in [2.75, 3.05) is 10.6 Å². The maximum atomic E-state index is 12.3. The average Bonchev–Trinajstić information content (AvgIpc) is 2.71. The van der Waals surface area contributed by atoms with Crippen LogP contribution in [0.2, 0.25) is 0 Å². The van der Waals surface area contributed by atoms with E-state index in [1.54, 1.807) is 31.2 Å². The van der Waals surface area contributed by atoms with Crippen LogP contribution >= 0.6 is 0 Å². The van der Waals surface area contributed by atoms with Crippen molar-refractivity contribution in [1.29, 1.82) is 5.26 Å². The molecule has 0 aliphatic carbocycles. The van der Waals surface area contributed by atoms with Crippen LogP contribution in [-0.2, 0) is 4.79 Å². The molecule has 0 saturated heterocycles. The highest BCUT2D eigenvalue weighted by molar-refractivity contribution is 5.96. The van der Waals surface area contributed by atoms with E-state index >= 15 is 0 Å². The molecule has 27 heavy (non-hydrogen) atoms. The molecule has 0 aromatic heterocycles. The Morgan fingerprint density at radius 1 is 0.889 bits per heavy atom. The topological polar surface area (TPSA) is 74.2 Å². The van der Waals surface area contributed by atoms with Crippen molar-refractivity contribution in [2.45, 2.75) is 13.0 Å². The van der Waals surface area contributed by atoms with Gasteiger partial charge in [-0.15, -0.1) is 0 Å². The molecule has 0 bridgehead atoms. The Kier molecular flexibility index (Phi) is 5.70. The molecule has 3 rings (SSSR count). The van der Waals surface area contributed by atoms with Crippen molar-refractivity contribution < 1.29 is 9.53 Å². The van der Waals surface area contributed by atoms with E-state index in [0.717, 1.165) is 17.2 Å². The smallest absolute Gasteiger partial charge is 0.246 e. The van der Waals surface area contributed by atoms with Crippen molar-refractivity contribution in [1.82, 2.24) is 0 Å². The number of nitrogens with zero attached hydrogens (tertiary/aromatic N) is 1. The number of benzene rings is 3. The molecule has 0 aliphatic heterocycles. The van der Waals surface area contributed by atoms with Gasteiger partial charge in [0.2, 0.25) is 5.91 Å². The lowest BCUT2D eigenvalue weighted by Crippen LogP contribution is -2.31. The molecule has 5 nitrogen and oxygen atoms in total. The number of para-hydroxylation sites is 1. The quantitative estimate of drug-likeness (QED) is 0.665. The van der Waals surface area contributed by atoms with Crippen LogP contribution in [0.1, 0.15) is 12.5 Å². The second kappa shape index (κ2) is 8.54. The van der Waals surface area contributed by atoms with Gasteiger partial charge in [-0.25, -0.2) is 0 Å². The van der Waals surface area contributed by atoms with Crippen LogP contribution in [0.5, 0.6) is 11.5 Å². The van der Waals surface area contributed by atoms with Crippen LogP contribution in [0.4, 0.5) is 11.4 Å². The van der Waals surface area contributed by atoms with Crippen LogP contribution in [0.3, 0.4) is 0 Å². The number of nitriles is 1. The highest BCUT2D eigenvalue weighted by atomic mass is 16.5. The van der Waals surface area contributed by atoms with Gasteiger partial charge in [-0.3, -0.25) is 4.79 Å². The third kappa shape index (κ3) is 5.10.